The summed E-state index contributed by atoms with van der Waals surface area (Å²) in [6.45, 7) is 0. The van der Waals surface area contributed by atoms with Crippen LogP contribution in [0.1, 0.15) is 51.9 Å². The number of nitrogens with zero attached hydrogens (tertiary/aromatic N) is 2. The van der Waals surface area contributed by atoms with E-state index in [0.717, 1.165) is 52.4 Å². The molecule has 2 aromatic heterocycles. The van der Waals surface area contributed by atoms with Crippen LogP contribution >= 0.6 is 11.3 Å². The number of nitrogens with one attached hydrogen (secondary N) is 1. The largest absolute Gasteiger partial charge is 0.456 e. The predicted octanol–water partition coefficient (Wildman–Crippen LogP) is 13.9. The molecule has 0 saturated heterocycles. The number of aryl methyl sites for hydroxylation is 1. The third kappa shape index (κ3) is 5.80. The van der Waals surface area contributed by atoms with E-state index in [9.17, 15) is 0 Å². The minimum absolute atomic E-state index is 0.253. The lowest BCUT2D eigenvalue weighted by molar-refractivity contribution is 0.668. The van der Waals surface area contributed by atoms with E-state index < -0.39 is 6.17 Å². The molecule has 0 amide bonds. The Labute approximate surface area is 345 Å². The smallest absolute Gasteiger partial charge is 0.170 e. The SMILES string of the molecule is c1ccc(C2=NC(c3cccc4sc5ccc(-c6ccc7c(c6)-c6ccccc6CCC7c6ccc7oc8ccccc8c7c6)cc5c34)N=C(c3ccccc3)N2)cc1. The van der Waals surface area contributed by atoms with Crippen molar-refractivity contribution in [3.63, 3.8) is 0 Å². The van der Waals surface area contributed by atoms with Gasteiger partial charge in [0.1, 0.15) is 22.8 Å². The molecule has 0 fully saturated rings. The molecule has 0 radical (unpaired) electrons. The summed E-state index contributed by atoms with van der Waals surface area (Å²) in [5, 5.41) is 8.36. The van der Waals surface area contributed by atoms with Crippen LogP contribution in [0.15, 0.2) is 196 Å². The van der Waals surface area contributed by atoms with Crippen LogP contribution in [0.25, 0.3) is 64.4 Å². The molecular formula is C54H37N3OS. The van der Waals surface area contributed by atoms with Crippen molar-refractivity contribution < 1.29 is 4.42 Å². The summed E-state index contributed by atoms with van der Waals surface area (Å²) in [4.78, 5) is 10.5. The number of hydrogen-bond acceptors (Lipinski definition) is 5. The molecule has 1 aliphatic carbocycles. The third-order valence-corrected chi connectivity index (χ3v) is 13.4. The lowest BCUT2D eigenvalue weighted by Gasteiger charge is -2.23. The number of furan rings is 1. The number of fused-ring (bicyclic) bond motifs is 9. The van der Waals surface area contributed by atoms with E-state index in [1.807, 2.05) is 29.5 Å². The summed E-state index contributed by atoms with van der Waals surface area (Å²) in [6.07, 6.45) is 1.65. The van der Waals surface area contributed by atoms with Gasteiger partial charge in [0.05, 0.1) is 0 Å². The topological polar surface area (TPSA) is 49.9 Å². The zero-order chi connectivity index (χ0) is 38.9. The van der Waals surface area contributed by atoms with E-state index >= 15 is 0 Å². The predicted molar refractivity (Wildman–Crippen MR) is 246 cm³/mol. The van der Waals surface area contributed by atoms with Crippen LogP contribution in [0.5, 0.6) is 0 Å². The molecule has 1 unspecified atom stereocenters. The quantitative estimate of drug-likeness (QED) is 0.189. The standard InChI is InChI=1S/C54H37N3OS/c1-3-13-34(14-4-1)52-55-53(35-15-5-2-6-16-35)57-54(56-52)43-19-11-21-50-51(43)46-31-37(25-29-49(46)59-50)36-23-27-41-40(26-22-33-12-7-8-17-39(33)44(41)30-36)38-24-28-48-45(32-38)42-18-9-10-20-47(42)58-48/h1-21,23-25,27-32,40,54H,22,26H2,(H,55,56,57). The molecule has 10 aromatic rings. The second-order valence-corrected chi connectivity index (χ2v) is 16.7. The Morgan fingerprint density at radius 2 is 1.20 bits per heavy atom. The van der Waals surface area contributed by atoms with Crippen LogP contribution in [-0.2, 0) is 6.42 Å². The van der Waals surface area contributed by atoms with Gasteiger partial charge < -0.3 is 9.73 Å². The van der Waals surface area contributed by atoms with Crippen LogP contribution < -0.4 is 5.32 Å². The number of benzene rings is 8. The van der Waals surface area contributed by atoms with Gasteiger partial charge in [0, 0.05) is 53.6 Å². The molecule has 1 N–H and O–H groups in total. The van der Waals surface area contributed by atoms with E-state index in [2.05, 4.69) is 169 Å². The minimum atomic E-state index is -0.410. The summed E-state index contributed by atoms with van der Waals surface area (Å²) in [5.41, 5.74) is 14.2. The second kappa shape index (κ2) is 13.8. The molecule has 5 heteroatoms. The Bertz CT molecular complexity index is 3270. The Hall–Kier alpha value is -7.08. The van der Waals surface area contributed by atoms with Crippen molar-refractivity contribution in [3.05, 3.63) is 215 Å². The van der Waals surface area contributed by atoms with Gasteiger partial charge in [-0.2, -0.15) is 0 Å². The van der Waals surface area contributed by atoms with Crippen LogP contribution in [0, 0.1) is 0 Å². The van der Waals surface area contributed by atoms with Crippen LogP contribution in [0.2, 0.25) is 0 Å². The van der Waals surface area contributed by atoms with E-state index in [4.69, 9.17) is 14.4 Å². The maximum atomic E-state index is 6.23. The van der Waals surface area contributed by atoms with Gasteiger partial charge in [0.2, 0.25) is 0 Å². The minimum Gasteiger partial charge on any atom is -0.456 e. The molecule has 3 heterocycles. The van der Waals surface area contributed by atoms with Gasteiger partial charge in [0.15, 0.2) is 6.17 Å². The molecule has 4 nitrogen and oxygen atoms in total. The zero-order valence-electron chi connectivity index (χ0n) is 32.1. The van der Waals surface area contributed by atoms with Crippen molar-refractivity contribution in [1.82, 2.24) is 5.32 Å². The molecule has 280 valence electrons. The van der Waals surface area contributed by atoms with Gasteiger partial charge in [-0.05, 0) is 94.3 Å². The first kappa shape index (κ1) is 34.0. The number of hydrogen-bond donors (Lipinski definition) is 1. The summed E-state index contributed by atoms with van der Waals surface area (Å²) in [6, 6.07) is 65.6. The summed E-state index contributed by atoms with van der Waals surface area (Å²) in [7, 11) is 0. The third-order valence-electron chi connectivity index (χ3n) is 12.2. The number of thiophene rings is 1. The van der Waals surface area contributed by atoms with Gasteiger partial charge >= 0.3 is 0 Å². The van der Waals surface area contributed by atoms with E-state index in [-0.39, 0.29) is 5.92 Å². The highest BCUT2D eigenvalue weighted by molar-refractivity contribution is 7.25. The Balaban J connectivity index is 0.991. The van der Waals surface area contributed by atoms with Crippen molar-refractivity contribution in [1.29, 1.82) is 0 Å². The molecule has 1 atom stereocenters. The molecule has 8 aromatic carbocycles. The monoisotopic (exact) mass is 775 g/mol. The van der Waals surface area contributed by atoms with Crippen molar-refractivity contribution in [2.24, 2.45) is 9.98 Å². The summed E-state index contributed by atoms with van der Waals surface area (Å²) >= 11 is 1.83. The van der Waals surface area contributed by atoms with Crippen molar-refractivity contribution in [2.75, 3.05) is 0 Å². The molecule has 0 spiro atoms. The van der Waals surface area contributed by atoms with Gasteiger partial charge in [-0.15, -0.1) is 11.3 Å². The molecule has 2 aliphatic rings. The number of amidine groups is 2. The van der Waals surface area contributed by atoms with Crippen LogP contribution in [0.3, 0.4) is 0 Å². The van der Waals surface area contributed by atoms with E-state index in [1.165, 1.54) is 69.9 Å². The molecule has 0 saturated carbocycles. The van der Waals surface area contributed by atoms with Gasteiger partial charge in [0.25, 0.3) is 0 Å². The molecular weight excluding hydrogens is 739 g/mol. The normalized spacial score (nSPS) is 15.4. The molecule has 0 bridgehead atoms. The first-order valence-corrected chi connectivity index (χ1v) is 21.2. The second-order valence-electron chi connectivity index (χ2n) is 15.6. The lowest BCUT2D eigenvalue weighted by atomic mass is 9.84. The van der Waals surface area contributed by atoms with Gasteiger partial charge in [-0.3, -0.25) is 0 Å². The van der Waals surface area contributed by atoms with Crippen molar-refractivity contribution in [2.45, 2.75) is 24.9 Å². The highest BCUT2D eigenvalue weighted by Gasteiger charge is 2.26. The van der Waals surface area contributed by atoms with Crippen molar-refractivity contribution in [3.8, 4) is 22.3 Å². The Kier molecular flexibility index (Phi) is 7.95. The Morgan fingerprint density at radius 1 is 0.492 bits per heavy atom. The highest BCUT2D eigenvalue weighted by Crippen LogP contribution is 2.46. The van der Waals surface area contributed by atoms with Gasteiger partial charge in [-0.25, -0.2) is 9.98 Å². The summed E-state index contributed by atoms with van der Waals surface area (Å²) in [5.74, 6) is 1.90. The van der Waals surface area contributed by atoms with Gasteiger partial charge in [-0.1, -0.05) is 140 Å². The zero-order valence-corrected chi connectivity index (χ0v) is 32.9. The fourth-order valence-corrected chi connectivity index (χ4v) is 10.5. The maximum absolute atomic E-state index is 6.23. The first-order chi connectivity index (χ1) is 29.2. The average molecular weight is 776 g/mol. The summed E-state index contributed by atoms with van der Waals surface area (Å²) < 4.78 is 8.72. The molecule has 59 heavy (non-hydrogen) atoms. The van der Waals surface area contributed by atoms with Crippen molar-refractivity contribution >= 4 is 65.1 Å². The highest BCUT2D eigenvalue weighted by atomic mass is 32.1. The number of para-hydroxylation sites is 1. The molecule has 12 rings (SSSR count). The number of aliphatic imine (C=N–C) groups is 2. The van der Waals surface area contributed by atoms with E-state index in [1.54, 1.807) is 0 Å². The maximum Gasteiger partial charge on any atom is 0.170 e. The molecule has 1 aliphatic heterocycles. The fraction of sp³-hybridized carbons (Fsp3) is 0.0741. The van der Waals surface area contributed by atoms with E-state index in [0.29, 0.717) is 0 Å². The Morgan fingerprint density at radius 3 is 2.03 bits per heavy atom. The first-order valence-electron chi connectivity index (χ1n) is 20.3. The van der Waals surface area contributed by atoms with Crippen LogP contribution in [0.4, 0.5) is 0 Å². The lowest BCUT2D eigenvalue weighted by Crippen LogP contribution is -2.36. The fourth-order valence-electron chi connectivity index (χ4n) is 9.36. The number of rotatable bonds is 5. The average Bonchev–Trinajstić information content (AvgIpc) is 3.82. The van der Waals surface area contributed by atoms with Crippen LogP contribution in [-0.4, -0.2) is 11.7 Å².